The number of anilines is 2. The first-order valence-corrected chi connectivity index (χ1v) is 10.0. The van der Waals surface area contributed by atoms with Crippen LogP contribution in [0.1, 0.15) is 24.0 Å². The lowest BCUT2D eigenvalue weighted by atomic mass is 9.97. The van der Waals surface area contributed by atoms with Gasteiger partial charge in [-0.25, -0.2) is 4.98 Å². The first-order valence-electron chi connectivity index (χ1n) is 9.64. The average molecular weight is 456 g/mol. The van der Waals surface area contributed by atoms with Crippen LogP contribution in [0.2, 0.25) is 5.02 Å². The molecule has 1 N–H and O–H groups in total. The lowest BCUT2D eigenvalue weighted by Gasteiger charge is -2.31. The Morgan fingerprint density at radius 3 is 2.55 bits per heavy atom. The van der Waals surface area contributed by atoms with Crippen LogP contribution in [0.25, 0.3) is 0 Å². The van der Waals surface area contributed by atoms with Crippen molar-refractivity contribution in [1.29, 1.82) is 0 Å². The Kier molecular flexibility index (Phi) is 7.04. The van der Waals surface area contributed by atoms with Crippen LogP contribution in [-0.4, -0.2) is 36.6 Å². The number of aryl methyl sites for hydroxylation is 1. The zero-order valence-corrected chi connectivity index (χ0v) is 17.5. The van der Waals surface area contributed by atoms with Crippen molar-refractivity contribution in [3.8, 4) is 0 Å². The predicted octanol–water partition coefficient (Wildman–Crippen LogP) is 4.46. The molecule has 1 fully saturated rings. The van der Waals surface area contributed by atoms with Crippen LogP contribution < -0.4 is 10.2 Å². The molecule has 10 heteroatoms. The molecule has 0 unspecified atom stereocenters. The standard InChI is InChI=1S/C21H21ClF3N3O3/c1-13-2-4-16(22)10-17(13)27-19(29)12-31-20(30)14-6-8-28(9-7-14)18-5-3-15(11-26-18)21(23,24)25/h2-5,10-11,14H,6-9,12H2,1H3,(H,27,29). The minimum Gasteiger partial charge on any atom is -0.455 e. The largest absolute Gasteiger partial charge is 0.455 e. The highest BCUT2D eigenvalue weighted by Gasteiger charge is 2.31. The van der Waals surface area contributed by atoms with Gasteiger partial charge in [0.25, 0.3) is 5.91 Å². The normalized spacial score (nSPS) is 14.9. The van der Waals surface area contributed by atoms with E-state index in [1.165, 1.54) is 6.07 Å². The molecule has 166 valence electrons. The molecule has 3 rings (SSSR count). The summed E-state index contributed by atoms with van der Waals surface area (Å²) in [5.74, 6) is -0.898. The van der Waals surface area contributed by atoms with Crippen molar-refractivity contribution < 1.29 is 27.5 Å². The Morgan fingerprint density at radius 1 is 1.23 bits per heavy atom. The second kappa shape index (κ2) is 9.55. The highest BCUT2D eigenvalue weighted by atomic mass is 35.5. The molecule has 2 aromatic rings. The second-order valence-corrected chi connectivity index (χ2v) is 7.72. The number of piperidine rings is 1. The molecule has 0 aliphatic carbocycles. The number of ether oxygens (including phenoxy) is 1. The van der Waals surface area contributed by atoms with Gasteiger partial charge in [-0.1, -0.05) is 17.7 Å². The van der Waals surface area contributed by atoms with Gasteiger partial charge in [0.1, 0.15) is 5.82 Å². The number of benzene rings is 1. The zero-order chi connectivity index (χ0) is 22.6. The van der Waals surface area contributed by atoms with Gasteiger partial charge in [-0.15, -0.1) is 0 Å². The van der Waals surface area contributed by atoms with Crippen molar-refractivity contribution >= 4 is 35.0 Å². The summed E-state index contributed by atoms with van der Waals surface area (Å²) in [6.45, 7) is 2.31. The number of rotatable bonds is 5. The molecule has 0 atom stereocenters. The van der Waals surface area contributed by atoms with E-state index in [1.54, 1.807) is 18.2 Å². The fraction of sp³-hybridized carbons (Fsp3) is 0.381. The van der Waals surface area contributed by atoms with Gasteiger partial charge in [-0.2, -0.15) is 13.2 Å². The van der Waals surface area contributed by atoms with Gasteiger partial charge in [-0.3, -0.25) is 9.59 Å². The highest BCUT2D eigenvalue weighted by Crippen LogP contribution is 2.30. The number of carbonyl (C=O) groups excluding carboxylic acids is 2. The van der Waals surface area contributed by atoms with Crippen molar-refractivity contribution in [2.75, 3.05) is 29.9 Å². The van der Waals surface area contributed by atoms with E-state index in [2.05, 4.69) is 10.3 Å². The van der Waals surface area contributed by atoms with Gasteiger partial charge >= 0.3 is 12.1 Å². The van der Waals surface area contributed by atoms with E-state index < -0.39 is 30.2 Å². The van der Waals surface area contributed by atoms with Gasteiger partial charge in [-0.05, 0) is 49.6 Å². The fourth-order valence-corrected chi connectivity index (χ4v) is 3.43. The van der Waals surface area contributed by atoms with E-state index in [1.807, 2.05) is 11.8 Å². The van der Waals surface area contributed by atoms with Crippen molar-refractivity contribution in [2.24, 2.45) is 5.92 Å². The molecule has 0 radical (unpaired) electrons. The number of nitrogens with one attached hydrogen (secondary N) is 1. The van der Waals surface area contributed by atoms with Crippen molar-refractivity contribution in [2.45, 2.75) is 25.9 Å². The number of amides is 1. The summed E-state index contributed by atoms with van der Waals surface area (Å²) in [4.78, 5) is 30.1. The molecule has 0 spiro atoms. The number of carbonyl (C=O) groups is 2. The third-order valence-electron chi connectivity index (χ3n) is 5.05. The zero-order valence-electron chi connectivity index (χ0n) is 16.7. The SMILES string of the molecule is Cc1ccc(Cl)cc1NC(=O)COC(=O)C1CCN(c2ccc(C(F)(F)F)cn2)CC1. The number of halogens is 4. The Labute approximate surface area is 182 Å². The van der Waals surface area contributed by atoms with Gasteiger partial charge in [0.05, 0.1) is 11.5 Å². The number of nitrogens with zero attached hydrogens (tertiary/aromatic N) is 2. The number of esters is 1. The molecule has 31 heavy (non-hydrogen) atoms. The van der Waals surface area contributed by atoms with E-state index in [0.717, 1.165) is 17.8 Å². The highest BCUT2D eigenvalue weighted by molar-refractivity contribution is 6.31. The smallest absolute Gasteiger partial charge is 0.417 e. The third kappa shape index (κ3) is 6.10. The van der Waals surface area contributed by atoms with E-state index >= 15 is 0 Å². The van der Waals surface area contributed by atoms with Crippen LogP contribution in [-0.2, 0) is 20.5 Å². The average Bonchev–Trinajstić information content (AvgIpc) is 2.74. The Hall–Kier alpha value is -2.81. The predicted molar refractivity (Wildman–Crippen MR) is 110 cm³/mol. The number of hydrogen-bond donors (Lipinski definition) is 1. The van der Waals surface area contributed by atoms with E-state index in [4.69, 9.17) is 16.3 Å². The molecule has 1 aliphatic heterocycles. The monoisotopic (exact) mass is 455 g/mol. The summed E-state index contributed by atoms with van der Waals surface area (Å²) in [6, 6.07) is 7.40. The summed E-state index contributed by atoms with van der Waals surface area (Å²) in [7, 11) is 0. The molecule has 0 bridgehead atoms. The maximum atomic E-state index is 12.7. The molecule has 6 nitrogen and oxygen atoms in total. The first kappa shape index (κ1) is 22.9. The maximum Gasteiger partial charge on any atom is 0.417 e. The summed E-state index contributed by atoms with van der Waals surface area (Å²) in [5, 5.41) is 3.13. The number of alkyl halides is 3. The van der Waals surface area contributed by atoms with Crippen LogP contribution >= 0.6 is 11.6 Å². The van der Waals surface area contributed by atoms with E-state index in [9.17, 15) is 22.8 Å². The summed E-state index contributed by atoms with van der Waals surface area (Å²) >= 11 is 5.92. The van der Waals surface area contributed by atoms with Crippen LogP contribution in [0.3, 0.4) is 0 Å². The molecule has 1 aromatic heterocycles. The first-order chi connectivity index (χ1) is 14.6. The van der Waals surface area contributed by atoms with Gasteiger partial charge in [0.15, 0.2) is 6.61 Å². The molecular formula is C21H21ClF3N3O3. The van der Waals surface area contributed by atoms with Crippen molar-refractivity contribution in [1.82, 2.24) is 4.98 Å². The molecule has 1 aromatic carbocycles. The van der Waals surface area contributed by atoms with Crippen LogP contribution in [0.15, 0.2) is 36.5 Å². The molecule has 1 amide bonds. The summed E-state index contributed by atoms with van der Waals surface area (Å²) < 4.78 is 43.1. The Bertz CT molecular complexity index is 943. The third-order valence-corrected chi connectivity index (χ3v) is 5.28. The molecule has 1 saturated heterocycles. The summed E-state index contributed by atoms with van der Waals surface area (Å²) in [6.07, 6.45) is -2.72. The topological polar surface area (TPSA) is 71.5 Å². The van der Waals surface area contributed by atoms with Crippen LogP contribution in [0, 0.1) is 12.8 Å². The number of aromatic nitrogens is 1. The van der Waals surface area contributed by atoms with Crippen LogP contribution in [0.4, 0.5) is 24.7 Å². The van der Waals surface area contributed by atoms with Gasteiger partial charge in [0.2, 0.25) is 0 Å². The van der Waals surface area contributed by atoms with Crippen molar-refractivity contribution in [3.63, 3.8) is 0 Å². The summed E-state index contributed by atoms with van der Waals surface area (Å²) in [5.41, 5.74) is 0.570. The molecular weight excluding hydrogens is 435 g/mol. The fourth-order valence-electron chi connectivity index (χ4n) is 3.25. The van der Waals surface area contributed by atoms with Crippen molar-refractivity contribution in [3.05, 3.63) is 52.7 Å². The minimum absolute atomic E-state index is 0.383. The van der Waals surface area contributed by atoms with E-state index in [0.29, 0.717) is 42.5 Å². The van der Waals surface area contributed by atoms with Gasteiger partial charge < -0.3 is 15.0 Å². The Morgan fingerprint density at radius 2 is 1.94 bits per heavy atom. The number of pyridine rings is 1. The van der Waals surface area contributed by atoms with Crippen LogP contribution in [0.5, 0.6) is 0 Å². The second-order valence-electron chi connectivity index (χ2n) is 7.28. The maximum absolute atomic E-state index is 12.7. The van der Waals surface area contributed by atoms with E-state index in [-0.39, 0.29) is 5.92 Å². The quantitative estimate of drug-likeness (QED) is 0.674. The molecule has 2 heterocycles. The lowest BCUT2D eigenvalue weighted by Crippen LogP contribution is -2.38. The molecule has 0 saturated carbocycles. The lowest BCUT2D eigenvalue weighted by molar-refractivity contribution is -0.152. The number of hydrogen-bond acceptors (Lipinski definition) is 5. The molecule has 1 aliphatic rings. The van der Waals surface area contributed by atoms with Gasteiger partial charge in [0, 0.05) is 30.0 Å². The minimum atomic E-state index is -4.43. The Balaban J connectivity index is 1.46.